The average Bonchev–Trinajstić information content (AvgIpc) is 1.84. The van der Waals surface area contributed by atoms with Crippen molar-refractivity contribution in [1.82, 2.24) is 0 Å². The average molecular weight is 186 g/mol. The first kappa shape index (κ1) is 11.4. The van der Waals surface area contributed by atoms with Gasteiger partial charge in [0.1, 0.15) is 0 Å². The highest BCUT2D eigenvalue weighted by Gasteiger charge is 2.11. The minimum atomic E-state index is -0.996. The van der Waals surface area contributed by atoms with Gasteiger partial charge in [-0.2, -0.15) is 0 Å². The quantitative estimate of drug-likeness (QED) is 0.541. The third-order valence-electron chi connectivity index (χ3n) is 1.68. The molecule has 0 spiro atoms. The van der Waals surface area contributed by atoms with Crippen molar-refractivity contribution in [1.29, 1.82) is 0 Å². The molecule has 0 unspecified atom stereocenters. The molecule has 0 aromatic heterocycles. The van der Waals surface area contributed by atoms with Crippen LogP contribution in [0.15, 0.2) is 11.6 Å². The molecule has 3 heteroatoms. The molecule has 0 rings (SSSR count). The summed E-state index contributed by atoms with van der Waals surface area (Å²) < 4.78 is 0. The highest BCUT2D eigenvalue weighted by Crippen LogP contribution is 2.12. The van der Waals surface area contributed by atoms with Crippen molar-refractivity contribution >= 4 is 14.0 Å². The van der Waals surface area contributed by atoms with Crippen molar-refractivity contribution in [3.05, 3.63) is 11.6 Å². The molecule has 0 aliphatic rings. The Hall–Kier alpha value is -0.573. The van der Waals surface area contributed by atoms with Crippen molar-refractivity contribution in [2.45, 2.75) is 39.0 Å². The number of hydrogen-bond donors (Lipinski definition) is 1. The first-order valence-electron chi connectivity index (χ1n) is 4.23. The van der Waals surface area contributed by atoms with Gasteiger partial charge in [0.25, 0.3) is 0 Å². The zero-order chi connectivity index (χ0) is 9.78. The Balaban J connectivity index is 3.83. The lowest BCUT2D eigenvalue weighted by Gasteiger charge is -2.13. The lowest BCUT2D eigenvalue weighted by atomic mass is 10.2. The van der Waals surface area contributed by atoms with Crippen molar-refractivity contribution in [2.24, 2.45) is 0 Å². The third-order valence-corrected chi connectivity index (χ3v) is 3.47. The smallest absolute Gasteiger partial charge is 0.330 e. The summed E-state index contributed by atoms with van der Waals surface area (Å²) in [6.45, 7) is 8.51. The van der Waals surface area contributed by atoms with Crippen LogP contribution >= 0.6 is 0 Å². The maximum absolute atomic E-state index is 10.4. The van der Waals surface area contributed by atoms with E-state index in [1.165, 1.54) is 0 Å². The standard InChI is InChI=1S/C9H18O2Si/c1-8(9(10)11)6-5-7-12(2,3)4/h6H,5,7H2,1-4H3,(H,10,11)/b8-6+. The first-order chi connectivity index (χ1) is 5.33. The van der Waals surface area contributed by atoms with Crippen LogP contribution in [0.5, 0.6) is 0 Å². The fourth-order valence-electron chi connectivity index (χ4n) is 0.809. The first-order valence-corrected chi connectivity index (χ1v) is 7.94. The molecule has 0 radical (unpaired) electrons. The zero-order valence-corrected chi connectivity index (χ0v) is 9.35. The summed E-state index contributed by atoms with van der Waals surface area (Å²) in [5, 5.41) is 8.55. The number of carbonyl (C=O) groups is 1. The van der Waals surface area contributed by atoms with Gasteiger partial charge < -0.3 is 5.11 Å². The normalized spacial score (nSPS) is 13.2. The number of hydrogen-bond acceptors (Lipinski definition) is 1. The van der Waals surface area contributed by atoms with E-state index in [1.54, 1.807) is 6.92 Å². The largest absolute Gasteiger partial charge is 0.478 e. The van der Waals surface area contributed by atoms with E-state index < -0.39 is 14.0 Å². The van der Waals surface area contributed by atoms with Crippen LogP contribution in [0.3, 0.4) is 0 Å². The van der Waals surface area contributed by atoms with E-state index in [0.717, 1.165) is 12.5 Å². The fraction of sp³-hybridized carbons (Fsp3) is 0.667. The van der Waals surface area contributed by atoms with Gasteiger partial charge in [-0.15, -0.1) is 0 Å². The highest BCUT2D eigenvalue weighted by atomic mass is 28.3. The molecule has 0 saturated carbocycles. The number of carboxylic acid groups (broad SMARTS) is 1. The minimum absolute atomic E-state index is 0.466. The van der Waals surface area contributed by atoms with E-state index in [-0.39, 0.29) is 0 Å². The van der Waals surface area contributed by atoms with E-state index in [1.807, 2.05) is 6.08 Å². The van der Waals surface area contributed by atoms with E-state index in [4.69, 9.17) is 5.11 Å². The van der Waals surface area contributed by atoms with Crippen LogP contribution in [-0.4, -0.2) is 19.1 Å². The topological polar surface area (TPSA) is 37.3 Å². The zero-order valence-electron chi connectivity index (χ0n) is 8.35. The van der Waals surface area contributed by atoms with E-state index in [9.17, 15) is 4.79 Å². The SMILES string of the molecule is C/C(=C\CC[Si](C)(C)C)C(=O)O. The van der Waals surface area contributed by atoms with Crippen LogP contribution in [0.4, 0.5) is 0 Å². The van der Waals surface area contributed by atoms with Crippen LogP contribution in [-0.2, 0) is 4.79 Å². The molecule has 0 atom stereocenters. The summed E-state index contributed by atoms with van der Waals surface area (Å²) >= 11 is 0. The van der Waals surface area contributed by atoms with Crippen LogP contribution in [0.2, 0.25) is 25.7 Å². The molecular weight excluding hydrogens is 168 g/mol. The monoisotopic (exact) mass is 186 g/mol. The van der Waals surface area contributed by atoms with E-state index in [0.29, 0.717) is 5.57 Å². The highest BCUT2D eigenvalue weighted by molar-refractivity contribution is 6.76. The van der Waals surface area contributed by atoms with Gasteiger partial charge >= 0.3 is 5.97 Å². The Morgan fingerprint density at radius 3 is 2.25 bits per heavy atom. The van der Waals surface area contributed by atoms with Gasteiger partial charge in [-0.25, -0.2) is 4.79 Å². The van der Waals surface area contributed by atoms with Gasteiger partial charge in [0, 0.05) is 13.6 Å². The van der Waals surface area contributed by atoms with Crippen molar-refractivity contribution in [3.8, 4) is 0 Å². The molecule has 0 heterocycles. The second-order valence-electron chi connectivity index (χ2n) is 4.29. The van der Waals surface area contributed by atoms with Crippen LogP contribution in [0.1, 0.15) is 13.3 Å². The lowest BCUT2D eigenvalue weighted by molar-refractivity contribution is -0.132. The van der Waals surface area contributed by atoms with Crippen molar-refractivity contribution < 1.29 is 9.90 Å². The number of carboxylic acids is 1. The molecule has 0 saturated heterocycles. The van der Waals surface area contributed by atoms with Gasteiger partial charge in [-0.05, 0) is 13.3 Å². The number of aliphatic carboxylic acids is 1. The Morgan fingerprint density at radius 2 is 1.92 bits per heavy atom. The summed E-state index contributed by atoms with van der Waals surface area (Å²) in [4.78, 5) is 10.4. The summed E-state index contributed by atoms with van der Waals surface area (Å²) in [6, 6.07) is 1.16. The molecular formula is C9H18O2Si. The molecule has 1 N–H and O–H groups in total. The maximum atomic E-state index is 10.4. The van der Waals surface area contributed by atoms with Gasteiger partial charge in [0.15, 0.2) is 0 Å². The number of allylic oxidation sites excluding steroid dienone is 1. The van der Waals surface area contributed by atoms with Gasteiger partial charge in [-0.3, -0.25) is 0 Å². The molecule has 0 aromatic carbocycles. The number of rotatable bonds is 4. The van der Waals surface area contributed by atoms with Crippen LogP contribution in [0, 0.1) is 0 Å². The summed E-state index contributed by atoms with van der Waals surface area (Å²) in [5.74, 6) is -0.800. The molecule has 0 amide bonds. The molecule has 0 bridgehead atoms. The second kappa shape index (κ2) is 4.45. The Labute approximate surface area is 75.3 Å². The molecule has 0 fully saturated rings. The Morgan fingerprint density at radius 1 is 1.42 bits per heavy atom. The maximum Gasteiger partial charge on any atom is 0.330 e. The molecule has 2 nitrogen and oxygen atoms in total. The van der Waals surface area contributed by atoms with Crippen molar-refractivity contribution in [3.63, 3.8) is 0 Å². The third kappa shape index (κ3) is 6.16. The molecule has 70 valence electrons. The Kier molecular flexibility index (Phi) is 4.24. The van der Waals surface area contributed by atoms with E-state index >= 15 is 0 Å². The molecule has 0 aromatic rings. The Bertz CT molecular complexity index is 189. The van der Waals surface area contributed by atoms with Crippen molar-refractivity contribution in [2.75, 3.05) is 0 Å². The second-order valence-corrected chi connectivity index (χ2v) is 9.91. The van der Waals surface area contributed by atoms with Gasteiger partial charge in [0.2, 0.25) is 0 Å². The van der Waals surface area contributed by atoms with E-state index in [2.05, 4.69) is 19.6 Å². The summed E-state index contributed by atoms with van der Waals surface area (Å²) in [6.07, 6.45) is 2.73. The predicted molar refractivity (Wildman–Crippen MR) is 54.2 cm³/mol. The molecule has 0 aliphatic heterocycles. The predicted octanol–water partition coefficient (Wildman–Crippen LogP) is 2.75. The summed E-state index contributed by atoms with van der Waals surface area (Å²) in [5.41, 5.74) is 0.466. The fourth-order valence-corrected chi connectivity index (χ4v) is 1.82. The molecule has 12 heavy (non-hydrogen) atoms. The van der Waals surface area contributed by atoms with Crippen LogP contribution < -0.4 is 0 Å². The van der Waals surface area contributed by atoms with Gasteiger partial charge in [0.05, 0.1) is 0 Å². The lowest BCUT2D eigenvalue weighted by Crippen LogP contribution is -2.18. The minimum Gasteiger partial charge on any atom is -0.478 e. The summed E-state index contributed by atoms with van der Waals surface area (Å²) in [7, 11) is -0.996. The van der Waals surface area contributed by atoms with Gasteiger partial charge in [-0.1, -0.05) is 31.8 Å². The van der Waals surface area contributed by atoms with Crippen LogP contribution in [0.25, 0.3) is 0 Å². The molecule has 0 aliphatic carbocycles.